The van der Waals surface area contributed by atoms with Gasteiger partial charge in [-0.3, -0.25) is 20.0 Å². The minimum atomic E-state index is -4.83. The van der Waals surface area contributed by atoms with Gasteiger partial charge in [-0.1, -0.05) is 97.1 Å². The molecule has 0 bridgehead atoms. The Hall–Kier alpha value is -6.30. The van der Waals surface area contributed by atoms with Gasteiger partial charge in [0.1, 0.15) is 21.4 Å². The first-order valence-electron chi connectivity index (χ1n) is 19.4. The molecule has 0 atom stereocenters. The average molecular weight is 945 g/mol. The molecule has 0 fully saturated rings. The summed E-state index contributed by atoms with van der Waals surface area (Å²) in [5.41, 5.74) is 15.7. The van der Waals surface area contributed by atoms with Gasteiger partial charge in [-0.15, -0.1) is 20.7 Å². The van der Waals surface area contributed by atoms with E-state index in [0.717, 1.165) is 22.7 Å². The van der Waals surface area contributed by atoms with Crippen molar-refractivity contribution in [3.05, 3.63) is 193 Å². The molecule has 0 spiro atoms. The zero-order valence-electron chi connectivity index (χ0n) is 33.5. The van der Waals surface area contributed by atoms with Crippen LogP contribution in [-0.4, -0.2) is 107 Å². The molecule has 6 aromatic carbocycles. The van der Waals surface area contributed by atoms with Crippen molar-refractivity contribution in [2.24, 2.45) is 10.2 Å². The Kier molecular flexibility index (Phi) is 16.6. The van der Waals surface area contributed by atoms with E-state index in [1.54, 1.807) is 12.2 Å². The zero-order chi connectivity index (χ0) is 44.5. The van der Waals surface area contributed by atoms with E-state index in [1.165, 1.54) is 59.0 Å². The maximum absolute atomic E-state index is 12.8. The summed E-state index contributed by atoms with van der Waals surface area (Å²) >= 11 is 0. The van der Waals surface area contributed by atoms with Gasteiger partial charge < -0.3 is 21.3 Å². The van der Waals surface area contributed by atoms with E-state index < -0.39 is 30.0 Å². The predicted octanol–water partition coefficient (Wildman–Crippen LogP) is 6.11. The van der Waals surface area contributed by atoms with Crippen LogP contribution in [0.2, 0.25) is 0 Å². The fourth-order valence-corrected chi connectivity index (χ4v) is 7.71. The zero-order valence-corrected chi connectivity index (χ0v) is 35.1. The molecule has 0 radical (unpaired) electrons. The number of anilines is 6. The summed E-state index contributed by atoms with van der Waals surface area (Å²) in [6.07, 6.45) is 6.10. The molecule has 66 heavy (non-hydrogen) atoms. The van der Waals surface area contributed by atoms with Crippen molar-refractivity contribution in [1.29, 1.82) is 0 Å². The van der Waals surface area contributed by atoms with Crippen molar-refractivity contribution < 1.29 is 25.9 Å². The fraction of sp³-hybridized carbons (Fsp3) is 0. The van der Waals surface area contributed by atoms with Crippen LogP contribution in [0.1, 0.15) is 11.1 Å². The Labute approximate surface area is 425 Å². The number of hydrogen-bond acceptors (Lipinski definition) is 16. The van der Waals surface area contributed by atoms with Crippen molar-refractivity contribution in [3.63, 3.8) is 0 Å². The summed E-state index contributed by atoms with van der Waals surface area (Å²) in [7, 11) is -9.67. The molecule has 0 aliphatic carbocycles. The summed E-state index contributed by atoms with van der Waals surface area (Å²) in [5, 5.41) is 24.6. The second-order valence-electron chi connectivity index (χ2n) is 13.9. The van der Waals surface area contributed by atoms with Gasteiger partial charge in [0.25, 0.3) is 20.2 Å². The van der Waals surface area contributed by atoms with Crippen LogP contribution in [0.5, 0.6) is 0 Å². The first-order valence-corrected chi connectivity index (χ1v) is 22.2. The van der Waals surface area contributed by atoms with Gasteiger partial charge in [0.2, 0.25) is 0 Å². The number of hydrogen-bond donors (Lipinski definition) is 10. The quantitative estimate of drug-likeness (QED) is 0.0337. The number of hydrazone groups is 2. The molecule has 2 aliphatic heterocycles. The van der Waals surface area contributed by atoms with Gasteiger partial charge in [-0.2, -0.15) is 16.8 Å². The topological polar surface area (TPSA) is 236 Å². The van der Waals surface area contributed by atoms with E-state index >= 15 is 0 Å². The molecule has 2 heterocycles. The Bertz CT molecular complexity index is 2820. The molecular weight excluding hydrogens is 903 g/mol. The van der Waals surface area contributed by atoms with Gasteiger partial charge in [0.15, 0.2) is 11.7 Å². The molecule has 0 aromatic heterocycles. The summed E-state index contributed by atoms with van der Waals surface area (Å²) in [4.78, 5) is -0.992. The van der Waals surface area contributed by atoms with Crippen LogP contribution in [0, 0.1) is 0 Å². The van der Waals surface area contributed by atoms with E-state index in [-0.39, 0.29) is 81.6 Å². The Balaban J connectivity index is 0.00000360. The standard InChI is InChI=1S/C44H40N12O6S2.2Na.2H/c57-63(58,59)39-27-37(49-55-51-41(45-33-13-5-1-6-14-33)29-42(52-55)46-34-15-7-2-8-16-34)25-23-31(39)21-22-32-24-26-38(28-40(32)64(60,61)62)50-56-53-43(47-35-17-9-3-10-18-35)30-44(54-56)48-36-19-11-4-12-20-36;;;;/h1-30,45,47,49-51,53H,(H,46,52)(H,48,54)(H,57,58,59)(H,60,61,62);;;;/b22-21+;;;;. The summed E-state index contributed by atoms with van der Waals surface area (Å²) in [6, 6.07) is 45.9. The second kappa shape index (κ2) is 22.3. The molecular formula is C44H42N12Na2O6S2. The Morgan fingerprint density at radius 2 is 0.758 bits per heavy atom. The summed E-state index contributed by atoms with van der Waals surface area (Å²) in [5.74, 6) is 1.88. The number of nitrogens with one attached hydrogen (secondary N) is 8. The van der Waals surface area contributed by atoms with Crippen molar-refractivity contribution >= 4 is 137 Å². The van der Waals surface area contributed by atoms with Gasteiger partial charge in [0.05, 0.1) is 11.4 Å². The third-order valence-corrected chi connectivity index (χ3v) is 10.9. The number of hydrazine groups is 4. The van der Waals surface area contributed by atoms with Crippen molar-refractivity contribution in [3.8, 4) is 0 Å². The first-order chi connectivity index (χ1) is 30.9. The normalized spacial score (nSPS) is 13.5. The predicted molar refractivity (Wildman–Crippen MR) is 264 cm³/mol. The minimum absolute atomic E-state index is 0. The first kappa shape index (κ1) is 49.1. The van der Waals surface area contributed by atoms with Crippen LogP contribution in [0.15, 0.2) is 202 Å². The van der Waals surface area contributed by atoms with E-state index in [9.17, 15) is 25.9 Å². The third-order valence-electron chi connectivity index (χ3n) is 9.12. The molecule has 0 amide bonds. The Morgan fingerprint density at radius 3 is 1.08 bits per heavy atom. The fourth-order valence-electron chi connectivity index (χ4n) is 6.29. The second-order valence-corrected chi connectivity index (χ2v) is 16.7. The van der Waals surface area contributed by atoms with E-state index in [0.29, 0.717) is 23.3 Å². The molecule has 2 aliphatic rings. The van der Waals surface area contributed by atoms with Crippen molar-refractivity contribution in [2.45, 2.75) is 9.79 Å². The molecule has 18 nitrogen and oxygen atoms in total. The molecule has 22 heteroatoms. The van der Waals surface area contributed by atoms with Crippen LogP contribution in [-0.2, 0) is 20.2 Å². The molecule has 8 rings (SSSR count). The molecule has 0 saturated carbocycles. The molecule has 6 aromatic rings. The van der Waals surface area contributed by atoms with Gasteiger partial charge >= 0.3 is 59.1 Å². The average Bonchev–Trinajstić information content (AvgIpc) is 3.27. The van der Waals surface area contributed by atoms with Crippen LogP contribution in [0.4, 0.5) is 34.1 Å². The van der Waals surface area contributed by atoms with Crippen molar-refractivity contribution in [1.82, 2.24) is 21.3 Å². The SMILES string of the molecule is O=S(=O)(O)c1cc(NN2N=C(Nc3ccccc3)C=C(Nc3ccccc3)N2)ccc1/C=C/c1ccc(NN2N=C(Nc3ccccc3)C=C(Nc3ccccc3)N2)cc1S(=O)(=O)O.[NaH].[NaH]. The van der Waals surface area contributed by atoms with Crippen LogP contribution >= 0.6 is 0 Å². The summed E-state index contributed by atoms with van der Waals surface area (Å²) in [6.45, 7) is 0. The number of para-hydroxylation sites is 4. The maximum atomic E-state index is 12.8. The third kappa shape index (κ3) is 13.6. The van der Waals surface area contributed by atoms with E-state index in [1.807, 2.05) is 121 Å². The monoisotopic (exact) mass is 944 g/mol. The Morgan fingerprint density at radius 1 is 0.439 bits per heavy atom. The molecule has 10 N–H and O–H groups in total. The number of rotatable bonds is 14. The number of benzene rings is 6. The molecule has 0 saturated heterocycles. The van der Waals surface area contributed by atoms with Gasteiger partial charge in [-0.25, -0.2) is 10.9 Å². The van der Waals surface area contributed by atoms with E-state index in [4.69, 9.17) is 0 Å². The van der Waals surface area contributed by atoms with Crippen LogP contribution in [0.3, 0.4) is 0 Å². The summed E-state index contributed by atoms with van der Waals surface area (Å²) < 4.78 is 71.7. The van der Waals surface area contributed by atoms with E-state index in [2.05, 4.69) is 53.2 Å². The van der Waals surface area contributed by atoms with Crippen LogP contribution < -0.4 is 43.0 Å². The molecule has 0 unspecified atom stereocenters. The van der Waals surface area contributed by atoms with Crippen LogP contribution in [0.25, 0.3) is 12.2 Å². The van der Waals surface area contributed by atoms with Gasteiger partial charge in [0, 0.05) is 34.9 Å². The number of amidine groups is 2. The number of nitrogens with zero attached hydrogens (tertiary/aromatic N) is 4. The van der Waals surface area contributed by atoms with Crippen molar-refractivity contribution in [2.75, 3.05) is 32.1 Å². The van der Waals surface area contributed by atoms with Gasteiger partial charge in [-0.05, 0) is 83.9 Å². The molecule has 328 valence electrons.